The van der Waals surface area contributed by atoms with Gasteiger partial charge in [0.1, 0.15) is 0 Å². The Balaban J connectivity index is 0.000000217. The van der Waals surface area contributed by atoms with Gasteiger partial charge >= 0.3 is 0 Å². The fourth-order valence-electron chi connectivity index (χ4n) is 0.394. The lowest BCUT2D eigenvalue weighted by atomic mass is 11.2. The van der Waals surface area contributed by atoms with Gasteiger partial charge in [0, 0.05) is 5.10 Å². The van der Waals surface area contributed by atoms with E-state index in [0.717, 1.165) is 0 Å². The van der Waals surface area contributed by atoms with Crippen LogP contribution >= 0.6 is 0 Å². The minimum atomic E-state index is -4.94. The molecule has 9 heteroatoms. The Kier molecular flexibility index (Phi) is 3.86. The van der Waals surface area contributed by atoms with Crippen molar-refractivity contribution in [2.75, 3.05) is 5.84 Å². The van der Waals surface area contributed by atoms with Crippen LogP contribution in [0.5, 0.6) is 0 Å². The van der Waals surface area contributed by atoms with Crippen LogP contribution in [0.2, 0.25) is 0 Å². The van der Waals surface area contributed by atoms with E-state index in [1.807, 2.05) is 7.05 Å². The highest BCUT2D eigenvalue weighted by Gasteiger charge is 1.91. The van der Waals surface area contributed by atoms with Crippen molar-refractivity contribution in [3.8, 4) is 0 Å². The Morgan fingerprint density at radius 2 is 1.83 bits per heavy atom. The molecule has 0 atom stereocenters. The van der Waals surface area contributed by atoms with E-state index in [-0.39, 0.29) is 0 Å². The molecule has 0 aromatic carbocycles. The van der Waals surface area contributed by atoms with E-state index in [4.69, 9.17) is 24.5 Å². The lowest BCUT2D eigenvalue weighted by Crippen LogP contribution is -2.68. The fourth-order valence-corrected chi connectivity index (χ4v) is 0.394. The molecule has 0 unspecified atom stereocenters. The van der Waals surface area contributed by atoms with Crippen LogP contribution in [0.3, 0.4) is 0 Å². The van der Waals surface area contributed by atoms with E-state index >= 15 is 0 Å². The molecule has 0 bridgehead atoms. The minimum Gasteiger partial charge on any atom is -0.289 e. The maximum Gasteiger partial charge on any atom is 0.286 e. The van der Waals surface area contributed by atoms with E-state index in [1.54, 1.807) is 11.0 Å². The van der Waals surface area contributed by atoms with E-state index in [2.05, 4.69) is 5.10 Å². The van der Waals surface area contributed by atoms with Crippen molar-refractivity contribution in [2.24, 2.45) is 7.05 Å². The van der Waals surface area contributed by atoms with Crippen LogP contribution in [0.1, 0.15) is 0 Å². The Morgan fingerprint density at radius 3 is 1.92 bits per heavy atom. The Hall–Kier alpha value is -0.930. The maximum absolute atomic E-state index is 8.49. The van der Waals surface area contributed by atoms with Crippen LogP contribution in [0.15, 0.2) is 12.7 Å². The van der Waals surface area contributed by atoms with Crippen LogP contribution in [-0.2, 0) is 7.05 Å². The average Bonchev–Trinajstić information content (AvgIpc) is 2.09. The molecule has 0 aliphatic carbocycles. The molecule has 0 amide bonds. The second kappa shape index (κ2) is 4.18. The van der Waals surface area contributed by atoms with Gasteiger partial charge in [-0.1, -0.05) is 0 Å². The Morgan fingerprint density at radius 1 is 1.42 bits per heavy atom. The Labute approximate surface area is 69.8 Å². The molecule has 0 saturated carbocycles. The standard InChI is InChI=1S/C3H7N4.ClHO4/c1-6-3-7(4)2-5-6;2-1(3,4)5/h2-3H,4H2,1H3;(H,2,3,4,5)/q+1;/p-1. The predicted octanol–water partition coefficient (Wildman–Crippen LogP) is -6.33. The van der Waals surface area contributed by atoms with Gasteiger partial charge in [0.05, 0.1) is 7.05 Å². The number of hydrogen-bond acceptors (Lipinski definition) is 6. The first-order valence-electron chi connectivity index (χ1n) is 2.56. The zero-order valence-electron chi connectivity index (χ0n) is 6.08. The molecule has 8 nitrogen and oxygen atoms in total. The molecule has 1 rings (SSSR count). The first kappa shape index (κ1) is 11.1. The van der Waals surface area contributed by atoms with Crippen molar-refractivity contribution in [2.45, 2.75) is 0 Å². The molecule has 0 aliphatic heterocycles. The monoisotopic (exact) mass is 198 g/mol. The van der Waals surface area contributed by atoms with E-state index in [1.165, 1.54) is 11.0 Å². The molecule has 70 valence electrons. The van der Waals surface area contributed by atoms with Gasteiger partial charge in [-0.2, -0.15) is 0 Å². The van der Waals surface area contributed by atoms with Gasteiger partial charge < -0.3 is 0 Å². The molecule has 0 spiro atoms. The molecule has 1 aromatic rings. The summed E-state index contributed by atoms with van der Waals surface area (Å²) >= 11 is 0. The largest absolute Gasteiger partial charge is 0.289 e. The summed E-state index contributed by atoms with van der Waals surface area (Å²) in [5.74, 6) is 5.21. The molecule has 1 aromatic heterocycles. The van der Waals surface area contributed by atoms with Gasteiger partial charge in [-0.15, -0.1) is 19.6 Å². The van der Waals surface area contributed by atoms with Crippen molar-refractivity contribution in [1.82, 2.24) is 9.78 Å². The number of halogens is 1. The van der Waals surface area contributed by atoms with E-state index in [0.29, 0.717) is 0 Å². The second-order valence-electron chi connectivity index (χ2n) is 1.75. The smallest absolute Gasteiger partial charge is 0.286 e. The van der Waals surface area contributed by atoms with Gasteiger partial charge in [0.25, 0.3) is 6.33 Å². The molecule has 12 heavy (non-hydrogen) atoms. The summed E-state index contributed by atoms with van der Waals surface area (Å²) in [4.78, 5) is 0. The average molecular weight is 199 g/mol. The highest BCUT2D eigenvalue weighted by molar-refractivity contribution is 4.35. The molecular formula is C3H7ClN4O4. The molecule has 0 aliphatic rings. The molecule has 0 fully saturated rings. The van der Waals surface area contributed by atoms with Crippen LogP contribution in [0.25, 0.3) is 0 Å². The number of rotatable bonds is 0. The van der Waals surface area contributed by atoms with Gasteiger partial charge in [0.15, 0.2) is 0 Å². The fraction of sp³-hybridized carbons (Fsp3) is 0.333. The van der Waals surface area contributed by atoms with Crippen molar-refractivity contribution in [3.63, 3.8) is 0 Å². The molecule has 0 saturated heterocycles. The molecule has 1 heterocycles. The van der Waals surface area contributed by atoms with Gasteiger partial charge in [-0.25, -0.2) is 18.6 Å². The zero-order chi connectivity index (χ0) is 9.78. The normalized spacial score (nSPS) is 10.4. The summed E-state index contributed by atoms with van der Waals surface area (Å²) in [5.41, 5.74) is 0. The highest BCUT2D eigenvalue weighted by atomic mass is 35.7. The summed E-state index contributed by atoms with van der Waals surface area (Å²) in [6.45, 7) is 0. The maximum atomic E-state index is 8.49. The summed E-state index contributed by atoms with van der Waals surface area (Å²) in [7, 11) is -3.14. The highest BCUT2D eigenvalue weighted by Crippen LogP contribution is 1.60. The SMILES string of the molecule is Cn1c[n+](N)cn1.[O-][Cl+3]([O-])([O-])[O-]. The Bertz CT molecular complexity index is 210. The quantitative estimate of drug-likeness (QED) is 0.325. The van der Waals surface area contributed by atoms with Crippen LogP contribution in [-0.4, -0.2) is 9.78 Å². The number of nitrogens with zero attached hydrogens (tertiary/aromatic N) is 3. The zero-order valence-corrected chi connectivity index (χ0v) is 6.84. The van der Waals surface area contributed by atoms with Crippen molar-refractivity contribution in [1.29, 1.82) is 0 Å². The van der Waals surface area contributed by atoms with Gasteiger partial charge in [-0.3, -0.25) is 5.84 Å². The predicted molar refractivity (Wildman–Crippen MR) is 23.6 cm³/mol. The first-order chi connectivity index (χ1) is 5.29. The van der Waals surface area contributed by atoms with Gasteiger partial charge in [0.2, 0.25) is 6.33 Å². The van der Waals surface area contributed by atoms with Crippen molar-refractivity contribution in [3.05, 3.63) is 12.7 Å². The van der Waals surface area contributed by atoms with Crippen molar-refractivity contribution < 1.29 is 33.6 Å². The number of hydrogen-bond donors (Lipinski definition) is 1. The third-order valence-corrected chi connectivity index (χ3v) is 0.668. The molecule has 0 radical (unpaired) electrons. The number of aryl methyl sites for hydroxylation is 1. The third kappa shape index (κ3) is 9.07. The minimum absolute atomic E-state index is 1.39. The van der Waals surface area contributed by atoms with Crippen LogP contribution in [0.4, 0.5) is 0 Å². The third-order valence-electron chi connectivity index (χ3n) is 0.668. The topological polar surface area (TPSA) is 140 Å². The summed E-state index contributed by atoms with van der Waals surface area (Å²) < 4.78 is 37.0. The van der Waals surface area contributed by atoms with Crippen LogP contribution in [0, 0.1) is 10.2 Å². The second-order valence-corrected chi connectivity index (χ2v) is 2.50. The first-order valence-corrected chi connectivity index (χ1v) is 3.79. The lowest BCUT2D eigenvalue weighted by molar-refractivity contribution is -2.00. The lowest BCUT2D eigenvalue weighted by Gasteiger charge is -2.17. The van der Waals surface area contributed by atoms with Crippen molar-refractivity contribution >= 4 is 0 Å². The number of nitrogen functional groups attached to an aromatic ring is 1. The van der Waals surface area contributed by atoms with E-state index in [9.17, 15) is 0 Å². The summed E-state index contributed by atoms with van der Waals surface area (Å²) in [6, 6.07) is 0. The van der Waals surface area contributed by atoms with E-state index < -0.39 is 10.2 Å². The molecular weight excluding hydrogens is 192 g/mol. The summed E-state index contributed by atoms with van der Waals surface area (Å²) in [5, 5.41) is 3.77. The van der Waals surface area contributed by atoms with Crippen LogP contribution < -0.4 is 29.2 Å². The molecule has 2 N–H and O–H groups in total. The number of aromatic nitrogens is 3. The summed E-state index contributed by atoms with van der Waals surface area (Å²) in [6.07, 6.45) is 3.19. The van der Waals surface area contributed by atoms with Gasteiger partial charge in [-0.05, 0) is 0 Å². The number of nitrogens with two attached hydrogens (primary N) is 1.